The van der Waals surface area contributed by atoms with Gasteiger partial charge in [-0.05, 0) is 48.5 Å². The number of hydrogen-bond acceptors (Lipinski definition) is 6. The lowest BCUT2D eigenvalue weighted by Gasteiger charge is -2.16. The van der Waals surface area contributed by atoms with Gasteiger partial charge in [0, 0.05) is 12.5 Å². The Kier molecular flexibility index (Phi) is 6.18. The summed E-state index contributed by atoms with van der Waals surface area (Å²) in [5.41, 5.74) is 1.00. The molecule has 0 atom stereocenters. The van der Waals surface area contributed by atoms with Crippen LogP contribution in [0.4, 0.5) is 18.9 Å². The minimum Gasteiger partial charge on any atom is -0.457 e. The van der Waals surface area contributed by atoms with E-state index in [1.165, 1.54) is 36.4 Å². The molecule has 9 nitrogen and oxygen atoms in total. The summed E-state index contributed by atoms with van der Waals surface area (Å²) in [5, 5.41) is 0.698. The van der Waals surface area contributed by atoms with Crippen LogP contribution in [-0.2, 0) is 30.6 Å². The van der Waals surface area contributed by atoms with E-state index in [0.717, 1.165) is 31.2 Å². The molecule has 2 N–H and O–H groups in total. The zero-order valence-electron chi connectivity index (χ0n) is 18.3. The van der Waals surface area contributed by atoms with Crippen molar-refractivity contribution in [1.82, 2.24) is 10.1 Å². The number of carbonyl (C=O) groups excluding carboxylic acids is 3. The molecule has 0 spiro atoms. The van der Waals surface area contributed by atoms with Gasteiger partial charge in [-0.3, -0.25) is 19.8 Å². The summed E-state index contributed by atoms with van der Waals surface area (Å²) in [5.74, 6) is -2.24. The summed E-state index contributed by atoms with van der Waals surface area (Å²) >= 11 is 0. The lowest BCUT2D eigenvalue weighted by atomic mass is 10.1. The van der Waals surface area contributed by atoms with Gasteiger partial charge in [0.25, 0.3) is 21.8 Å². The minimum absolute atomic E-state index is 0.0597. The average molecular weight is 519 g/mol. The van der Waals surface area contributed by atoms with Crippen molar-refractivity contribution in [2.75, 3.05) is 5.01 Å². The lowest BCUT2D eigenvalue weighted by Crippen LogP contribution is -2.35. The van der Waals surface area contributed by atoms with Crippen LogP contribution in [0.1, 0.15) is 18.2 Å². The standard InChI is InChI=1S/C23H16F3N3O6S/c1-13(30)28-36(33,34)18-7-2-4-14(10-18)20-9-8-17(35-20)12-19-21(31)27-29(22(19)32)16-6-3-5-15(11-16)23(24,25)26/h2-12H,1H3,(H,27,31)(H,28,30)/b19-12-. The van der Waals surface area contributed by atoms with Crippen LogP contribution in [-0.4, -0.2) is 26.1 Å². The number of alkyl halides is 3. The van der Waals surface area contributed by atoms with E-state index in [1.807, 2.05) is 4.72 Å². The van der Waals surface area contributed by atoms with Gasteiger partial charge in [-0.2, -0.15) is 13.2 Å². The van der Waals surface area contributed by atoms with Gasteiger partial charge in [0.2, 0.25) is 5.91 Å². The lowest BCUT2D eigenvalue weighted by molar-refractivity contribution is -0.137. The number of hydrogen-bond donors (Lipinski definition) is 2. The Morgan fingerprint density at radius 3 is 2.47 bits per heavy atom. The first kappa shape index (κ1) is 24.7. The summed E-state index contributed by atoms with van der Waals surface area (Å²) in [6.45, 7) is 1.06. The molecule has 1 aliphatic rings. The van der Waals surface area contributed by atoms with E-state index < -0.39 is 39.5 Å². The van der Waals surface area contributed by atoms with Crippen LogP contribution in [0.25, 0.3) is 17.4 Å². The highest BCUT2D eigenvalue weighted by Gasteiger charge is 2.37. The van der Waals surface area contributed by atoms with Crippen LogP contribution >= 0.6 is 0 Å². The summed E-state index contributed by atoms with van der Waals surface area (Å²) in [7, 11) is -4.09. The third-order valence-electron chi connectivity index (χ3n) is 4.94. The maximum atomic E-state index is 13.0. The van der Waals surface area contributed by atoms with Crippen molar-refractivity contribution >= 4 is 39.5 Å². The maximum Gasteiger partial charge on any atom is 0.416 e. The molecule has 186 valence electrons. The van der Waals surface area contributed by atoms with E-state index in [0.29, 0.717) is 10.6 Å². The van der Waals surface area contributed by atoms with E-state index in [2.05, 4.69) is 5.43 Å². The average Bonchev–Trinajstić information content (AvgIpc) is 3.38. The molecule has 0 saturated carbocycles. The number of amides is 3. The highest BCUT2D eigenvalue weighted by Crippen LogP contribution is 2.33. The van der Waals surface area contributed by atoms with Crippen molar-refractivity contribution in [1.29, 1.82) is 0 Å². The number of carbonyl (C=O) groups is 3. The molecule has 36 heavy (non-hydrogen) atoms. The molecule has 13 heteroatoms. The van der Waals surface area contributed by atoms with Gasteiger partial charge in [-0.1, -0.05) is 18.2 Å². The molecule has 0 bridgehead atoms. The first-order valence-electron chi connectivity index (χ1n) is 10.1. The molecule has 1 aromatic heterocycles. The third kappa shape index (κ3) is 5.00. The van der Waals surface area contributed by atoms with Gasteiger partial charge < -0.3 is 4.42 Å². The van der Waals surface area contributed by atoms with Crippen molar-refractivity contribution in [3.05, 3.63) is 77.6 Å². The predicted molar refractivity (Wildman–Crippen MR) is 120 cm³/mol. The topological polar surface area (TPSA) is 126 Å². The number of hydrazine groups is 1. The van der Waals surface area contributed by atoms with Crippen LogP contribution in [0, 0.1) is 0 Å². The van der Waals surface area contributed by atoms with E-state index in [4.69, 9.17) is 4.42 Å². The number of sulfonamides is 1. The first-order chi connectivity index (χ1) is 16.8. The summed E-state index contributed by atoms with van der Waals surface area (Å²) in [4.78, 5) is 36.1. The van der Waals surface area contributed by atoms with Crippen LogP contribution in [0.5, 0.6) is 0 Å². The number of benzene rings is 2. The summed E-state index contributed by atoms with van der Waals surface area (Å²) in [6, 6.07) is 12.3. The SMILES string of the molecule is CC(=O)NS(=O)(=O)c1cccc(-c2ccc(/C=C3/C(=O)NN(c4cccc(C(F)(F)F)c4)C3=O)o2)c1. The largest absolute Gasteiger partial charge is 0.457 e. The quantitative estimate of drug-likeness (QED) is 0.394. The Morgan fingerprint density at radius 2 is 1.78 bits per heavy atom. The number of rotatable bonds is 5. The fourth-order valence-electron chi connectivity index (χ4n) is 3.35. The van der Waals surface area contributed by atoms with Crippen LogP contribution in [0.15, 0.2) is 75.5 Å². The second kappa shape index (κ2) is 9.00. The molecule has 2 heterocycles. The zero-order valence-corrected chi connectivity index (χ0v) is 19.1. The van der Waals surface area contributed by atoms with Crippen LogP contribution < -0.4 is 15.2 Å². The Morgan fingerprint density at radius 1 is 1.06 bits per heavy atom. The predicted octanol–water partition coefficient (Wildman–Crippen LogP) is 3.25. The Balaban J connectivity index is 1.60. The van der Waals surface area contributed by atoms with Gasteiger partial charge in [0.15, 0.2) is 0 Å². The van der Waals surface area contributed by atoms with Crippen molar-refractivity contribution in [3.8, 4) is 11.3 Å². The van der Waals surface area contributed by atoms with Gasteiger partial charge in [-0.25, -0.2) is 18.1 Å². The fraction of sp³-hybridized carbons (Fsp3) is 0.0870. The molecule has 4 rings (SSSR count). The van der Waals surface area contributed by atoms with Crippen LogP contribution in [0.3, 0.4) is 0 Å². The molecule has 3 amide bonds. The van der Waals surface area contributed by atoms with E-state index in [1.54, 1.807) is 6.07 Å². The smallest absolute Gasteiger partial charge is 0.416 e. The molecule has 1 fully saturated rings. The highest BCUT2D eigenvalue weighted by molar-refractivity contribution is 7.90. The van der Waals surface area contributed by atoms with Gasteiger partial charge in [0.1, 0.15) is 17.1 Å². The molecule has 0 radical (unpaired) electrons. The fourth-order valence-corrected chi connectivity index (χ4v) is 4.39. The molecule has 1 aliphatic heterocycles. The molecule has 1 saturated heterocycles. The van der Waals surface area contributed by atoms with Crippen molar-refractivity contribution < 1.29 is 40.4 Å². The zero-order chi connectivity index (χ0) is 26.3. The number of nitrogens with zero attached hydrogens (tertiary/aromatic N) is 1. The van der Waals surface area contributed by atoms with Crippen LogP contribution in [0.2, 0.25) is 0 Å². The normalized spacial score (nSPS) is 15.3. The molecule has 0 aliphatic carbocycles. The monoisotopic (exact) mass is 519 g/mol. The third-order valence-corrected chi connectivity index (χ3v) is 6.37. The van der Waals surface area contributed by atoms with Crippen molar-refractivity contribution in [2.24, 2.45) is 0 Å². The first-order valence-corrected chi connectivity index (χ1v) is 11.6. The van der Waals surface area contributed by atoms with E-state index in [9.17, 15) is 36.0 Å². The van der Waals surface area contributed by atoms with Gasteiger partial charge >= 0.3 is 6.18 Å². The van der Waals surface area contributed by atoms with E-state index >= 15 is 0 Å². The second-order valence-corrected chi connectivity index (χ2v) is 9.26. The van der Waals surface area contributed by atoms with Crippen molar-refractivity contribution in [3.63, 3.8) is 0 Å². The second-order valence-electron chi connectivity index (χ2n) is 7.58. The number of furan rings is 1. The molecule has 0 unspecified atom stereocenters. The molecule has 3 aromatic rings. The number of halogens is 3. The van der Waals surface area contributed by atoms with Gasteiger partial charge in [-0.15, -0.1) is 0 Å². The Bertz CT molecular complexity index is 1530. The molecular weight excluding hydrogens is 503 g/mol. The number of nitrogens with one attached hydrogen (secondary N) is 2. The summed E-state index contributed by atoms with van der Waals surface area (Å²) in [6.07, 6.45) is -3.52. The molecule has 2 aromatic carbocycles. The number of anilines is 1. The van der Waals surface area contributed by atoms with E-state index in [-0.39, 0.29) is 27.7 Å². The van der Waals surface area contributed by atoms with Crippen molar-refractivity contribution in [2.45, 2.75) is 18.0 Å². The van der Waals surface area contributed by atoms with Gasteiger partial charge in [0.05, 0.1) is 16.1 Å². The Hall–Kier alpha value is -4.39. The minimum atomic E-state index is -4.63. The molecular formula is C23H16F3N3O6S. The highest BCUT2D eigenvalue weighted by atomic mass is 32.2. The summed E-state index contributed by atoms with van der Waals surface area (Å²) < 4.78 is 71.0. The maximum absolute atomic E-state index is 13.0. The Labute approximate surface area is 202 Å².